The number of carbonyl (C=O) groups is 3. The number of anilines is 1. The molecule has 1 aromatic carbocycles. The number of thioether (sulfide) groups is 1. The Labute approximate surface area is 158 Å². The first kappa shape index (κ1) is 20.2. The second kappa shape index (κ2) is 9.00. The van der Waals surface area contributed by atoms with Gasteiger partial charge in [-0.15, -0.1) is 11.8 Å². The van der Waals surface area contributed by atoms with Gasteiger partial charge in [0, 0.05) is 38.1 Å². The zero-order valence-corrected chi connectivity index (χ0v) is 16.3. The summed E-state index contributed by atoms with van der Waals surface area (Å²) in [5, 5.41) is 2.87. The van der Waals surface area contributed by atoms with Gasteiger partial charge in [-0.25, -0.2) is 0 Å². The minimum absolute atomic E-state index is 0.163. The van der Waals surface area contributed by atoms with E-state index < -0.39 is 0 Å². The first-order chi connectivity index (χ1) is 12.3. The molecule has 26 heavy (non-hydrogen) atoms. The van der Waals surface area contributed by atoms with Crippen molar-refractivity contribution in [3.05, 3.63) is 34.7 Å². The minimum atomic E-state index is -0.276. The first-order valence-electron chi connectivity index (χ1n) is 8.49. The molecule has 1 aliphatic heterocycles. The zero-order chi connectivity index (χ0) is 19.3. The first-order valence-corrected chi connectivity index (χ1v) is 9.37. The van der Waals surface area contributed by atoms with Crippen molar-refractivity contribution in [2.75, 3.05) is 25.6 Å². The van der Waals surface area contributed by atoms with Gasteiger partial charge in [0.1, 0.15) is 0 Å². The van der Waals surface area contributed by atoms with Gasteiger partial charge in [0.05, 0.1) is 10.5 Å². The molecule has 140 valence electrons. The normalized spacial score (nSPS) is 14.6. The van der Waals surface area contributed by atoms with Crippen LogP contribution < -0.4 is 5.32 Å². The van der Waals surface area contributed by atoms with Crippen molar-refractivity contribution in [1.29, 1.82) is 0 Å². The summed E-state index contributed by atoms with van der Waals surface area (Å²) in [5.41, 5.74) is 1.75. The van der Waals surface area contributed by atoms with Crippen molar-refractivity contribution in [3.63, 3.8) is 0 Å². The second-order valence-electron chi connectivity index (χ2n) is 6.24. The molecule has 0 unspecified atom stereocenters. The lowest BCUT2D eigenvalue weighted by Gasteiger charge is -2.15. The highest BCUT2D eigenvalue weighted by Gasteiger charge is 2.39. The number of imide groups is 1. The van der Waals surface area contributed by atoms with Gasteiger partial charge in [-0.3, -0.25) is 19.3 Å². The molecular weight excluding hydrogens is 352 g/mol. The van der Waals surface area contributed by atoms with Gasteiger partial charge in [0.25, 0.3) is 11.8 Å². The maximum atomic E-state index is 12.9. The van der Waals surface area contributed by atoms with Crippen LogP contribution in [-0.2, 0) is 19.1 Å². The maximum absolute atomic E-state index is 12.9. The molecular formula is C19H24N2O4S. The molecule has 0 spiro atoms. The lowest BCUT2D eigenvalue weighted by atomic mass is 10.1. The minimum Gasteiger partial charge on any atom is -0.385 e. The largest absolute Gasteiger partial charge is 0.385 e. The van der Waals surface area contributed by atoms with Crippen molar-refractivity contribution in [3.8, 4) is 0 Å². The van der Waals surface area contributed by atoms with E-state index in [0.29, 0.717) is 41.3 Å². The van der Waals surface area contributed by atoms with Crippen LogP contribution in [0, 0.1) is 0 Å². The van der Waals surface area contributed by atoms with E-state index in [9.17, 15) is 14.4 Å². The molecule has 0 aliphatic carbocycles. The summed E-state index contributed by atoms with van der Waals surface area (Å²) in [4.78, 5) is 38.6. The summed E-state index contributed by atoms with van der Waals surface area (Å²) in [6.07, 6.45) is 0.600. The van der Waals surface area contributed by atoms with E-state index in [-0.39, 0.29) is 23.0 Å². The van der Waals surface area contributed by atoms with E-state index in [1.54, 1.807) is 31.4 Å². The predicted molar refractivity (Wildman–Crippen MR) is 104 cm³/mol. The highest BCUT2D eigenvalue weighted by Crippen LogP contribution is 2.38. The number of carbonyl (C=O) groups excluding carboxylic acids is 3. The Hall–Kier alpha value is -2.12. The van der Waals surface area contributed by atoms with Crippen LogP contribution in [0.1, 0.15) is 32.8 Å². The standard InChI is InChI=1S/C19H24N2O4S/c1-12(2)26-17-16(14-6-8-15(9-7-14)20-13(3)22)18(23)21(19(17)24)10-5-11-25-4/h6-9,12H,5,10-11H2,1-4H3,(H,20,22). The molecule has 0 saturated heterocycles. The number of ether oxygens (including phenoxy) is 1. The van der Waals surface area contributed by atoms with Gasteiger partial charge in [0.2, 0.25) is 5.91 Å². The Morgan fingerprint density at radius 3 is 2.38 bits per heavy atom. The third kappa shape index (κ3) is 4.74. The monoisotopic (exact) mass is 376 g/mol. The third-order valence-electron chi connectivity index (χ3n) is 3.70. The number of benzene rings is 1. The van der Waals surface area contributed by atoms with Crippen LogP contribution in [-0.4, -0.2) is 48.1 Å². The average molecular weight is 376 g/mol. The summed E-state index contributed by atoms with van der Waals surface area (Å²) in [6, 6.07) is 6.97. The number of hydrogen-bond acceptors (Lipinski definition) is 5. The second-order valence-corrected chi connectivity index (χ2v) is 7.82. The quantitative estimate of drug-likeness (QED) is 0.558. The van der Waals surface area contributed by atoms with E-state index >= 15 is 0 Å². The molecule has 6 nitrogen and oxygen atoms in total. The predicted octanol–water partition coefficient (Wildman–Crippen LogP) is 2.90. The number of hydrogen-bond donors (Lipinski definition) is 1. The van der Waals surface area contributed by atoms with Crippen molar-refractivity contribution < 1.29 is 19.1 Å². The summed E-state index contributed by atoms with van der Waals surface area (Å²) in [6.45, 7) is 6.23. The average Bonchev–Trinajstić information content (AvgIpc) is 2.79. The highest BCUT2D eigenvalue weighted by atomic mass is 32.2. The molecule has 0 fully saturated rings. The summed E-state index contributed by atoms with van der Waals surface area (Å²) < 4.78 is 5.02. The fraction of sp³-hybridized carbons (Fsp3) is 0.421. The maximum Gasteiger partial charge on any atom is 0.267 e. The highest BCUT2D eigenvalue weighted by molar-refractivity contribution is 8.04. The van der Waals surface area contributed by atoms with Gasteiger partial charge in [-0.1, -0.05) is 26.0 Å². The molecule has 0 bridgehead atoms. The fourth-order valence-electron chi connectivity index (χ4n) is 2.65. The van der Waals surface area contributed by atoms with Gasteiger partial charge in [-0.2, -0.15) is 0 Å². The Kier molecular flexibility index (Phi) is 6.99. The van der Waals surface area contributed by atoms with Crippen LogP contribution in [0.5, 0.6) is 0 Å². The van der Waals surface area contributed by atoms with Crippen LogP contribution in [0.15, 0.2) is 29.2 Å². The van der Waals surface area contributed by atoms with Crippen molar-refractivity contribution in [2.45, 2.75) is 32.4 Å². The van der Waals surface area contributed by atoms with Crippen molar-refractivity contribution in [1.82, 2.24) is 4.90 Å². The molecule has 1 aliphatic rings. The smallest absolute Gasteiger partial charge is 0.267 e. The molecule has 3 amide bonds. The zero-order valence-electron chi connectivity index (χ0n) is 15.5. The molecule has 2 rings (SSSR count). The van der Waals surface area contributed by atoms with Crippen LogP contribution in [0.25, 0.3) is 5.57 Å². The van der Waals surface area contributed by atoms with E-state index in [2.05, 4.69) is 5.32 Å². The number of nitrogens with one attached hydrogen (secondary N) is 1. The molecule has 0 atom stereocenters. The molecule has 1 heterocycles. The number of methoxy groups -OCH3 is 1. The van der Waals surface area contributed by atoms with E-state index in [4.69, 9.17) is 4.74 Å². The number of nitrogens with zero attached hydrogens (tertiary/aromatic N) is 1. The lowest BCUT2D eigenvalue weighted by molar-refractivity contribution is -0.136. The molecule has 0 radical (unpaired) electrons. The molecule has 0 aromatic heterocycles. The fourth-order valence-corrected chi connectivity index (χ4v) is 3.65. The molecule has 1 aromatic rings. The van der Waals surface area contributed by atoms with Crippen molar-refractivity contribution in [2.24, 2.45) is 0 Å². The van der Waals surface area contributed by atoms with E-state index in [1.165, 1.54) is 23.6 Å². The van der Waals surface area contributed by atoms with E-state index in [0.717, 1.165) is 0 Å². The Bertz CT molecular complexity index is 726. The van der Waals surface area contributed by atoms with Gasteiger partial charge < -0.3 is 10.1 Å². The van der Waals surface area contributed by atoms with Gasteiger partial charge >= 0.3 is 0 Å². The lowest BCUT2D eigenvalue weighted by Crippen LogP contribution is -2.33. The number of amides is 3. The summed E-state index contributed by atoms with van der Waals surface area (Å²) >= 11 is 1.40. The van der Waals surface area contributed by atoms with Gasteiger partial charge in [-0.05, 0) is 24.1 Å². The van der Waals surface area contributed by atoms with Crippen LogP contribution in [0.3, 0.4) is 0 Å². The Morgan fingerprint density at radius 2 is 1.85 bits per heavy atom. The molecule has 7 heteroatoms. The number of rotatable bonds is 8. The third-order valence-corrected chi connectivity index (χ3v) is 4.79. The Balaban J connectivity index is 2.33. The summed E-state index contributed by atoms with van der Waals surface area (Å²) in [7, 11) is 1.59. The van der Waals surface area contributed by atoms with Crippen LogP contribution in [0.4, 0.5) is 5.69 Å². The topological polar surface area (TPSA) is 75.7 Å². The van der Waals surface area contributed by atoms with Crippen LogP contribution >= 0.6 is 11.8 Å². The van der Waals surface area contributed by atoms with Crippen LogP contribution in [0.2, 0.25) is 0 Å². The molecule has 1 N–H and O–H groups in total. The van der Waals surface area contributed by atoms with E-state index in [1.807, 2.05) is 13.8 Å². The van der Waals surface area contributed by atoms with Crippen molar-refractivity contribution >= 4 is 40.7 Å². The van der Waals surface area contributed by atoms with Gasteiger partial charge in [0.15, 0.2) is 0 Å². The SMILES string of the molecule is COCCCN1C(=O)C(SC(C)C)=C(c2ccc(NC(C)=O)cc2)C1=O. The summed E-state index contributed by atoms with van der Waals surface area (Å²) in [5.74, 6) is -0.684. The molecule has 0 saturated carbocycles. The Morgan fingerprint density at radius 1 is 1.19 bits per heavy atom.